The molecule has 3 heterocycles. The molecule has 3 aromatic heterocycles. The summed E-state index contributed by atoms with van der Waals surface area (Å²) < 4.78 is 14.7. The molecule has 0 radical (unpaired) electrons. The molecule has 0 saturated carbocycles. The lowest BCUT2D eigenvalue weighted by Gasteiger charge is -2.12. The van der Waals surface area contributed by atoms with Crippen molar-refractivity contribution in [3.8, 4) is 34.5 Å². The highest BCUT2D eigenvalue weighted by Crippen LogP contribution is 2.27. The number of para-hydroxylation sites is 2. The van der Waals surface area contributed by atoms with Gasteiger partial charge in [0.2, 0.25) is 0 Å². The second-order valence-electron chi connectivity index (χ2n) is 8.30. The van der Waals surface area contributed by atoms with Crippen molar-refractivity contribution in [2.24, 2.45) is 0 Å². The minimum atomic E-state index is -0.231. The molecular weight excluding hydrogens is 454 g/mol. The van der Waals surface area contributed by atoms with Gasteiger partial charge in [0.05, 0.1) is 30.0 Å². The Morgan fingerprint density at radius 2 is 1.75 bits per heavy atom. The first-order chi connectivity index (χ1) is 17.5. The van der Waals surface area contributed by atoms with Gasteiger partial charge in [-0.25, -0.2) is 9.67 Å². The van der Waals surface area contributed by atoms with E-state index < -0.39 is 0 Å². The summed E-state index contributed by atoms with van der Waals surface area (Å²) in [7, 11) is 1.61. The molecule has 0 spiro atoms. The van der Waals surface area contributed by atoms with Crippen molar-refractivity contribution in [2.45, 2.75) is 20.5 Å². The van der Waals surface area contributed by atoms with Gasteiger partial charge >= 0.3 is 0 Å². The molecule has 0 aliphatic heterocycles. The van der Waals surface area contributed by atoms with Crippen LogP contribution in [0.2, 0.25) is 0 Å². The average Bonchev–Trinajstić information content (AvgIpc) is 3.28. The highest BCUT2D eigenvalue weighted by molar-refractivity contribution is 5.66. The van der Waals surface area contributed by atoms with E-state index in [9.17, 15) is 4.79 Å². The zero-order valence-corrected chi connectivity index (χ0v) is 20.1. The maximum absolute atomic E-state index is 13.6. The number of benzene rings is 2. The molecule has 0 saturated heterocycles. The maximum atomic E-state index is 13.6. The molecule has 8 heteroatoms. The van der Waals surface area contributed by atoms with E-state index in [0.717, 1.165) is 16.9 Å². The van der Waals surface area contributed by atoms with E-state index in [1.165, 1.54) is 4.40 Å². The van der Waals surface area contributed by atoms with Crippen LogP contribution in [0.15, 0.2) is 77.7 Å². The summed E-state index contributed by atoms with van der Waals surface area (Å²) in [5.74, 6) is 1.17. The van der Waals surface area contributed by atoms with Gasteiger partial charge in [0.25, 0.3) is 5.56 Å². The summed E-state index contributed by atoms with van der Waals surface area (Å²) in [5, 5.41) is 13.7. The monoisotopic (exact) mass is 477 g/mol. The third kappa shape index (κ3) is 4.07. The SMILES string of the molecule is COc1ccccc1-n1nc(-c2c(C)nc3c(OCc4ccc(C#N)cc4)cccn3c2=O)cc1C. The number of methoxy groups -OCH3 is 1. The Balaban J connectivity index is 1.53. The number of aryl methyl sites for hydroxylation is 2. The Hall–Kier alpha value is -4.90. The van der Waals surface area contributed by atoms with Crippen LogP contribution in [-0.4, -0.2) is 26.3 Å². The molecule has 8 nitrogen and oxygen atoms in total. The summed E-state index contributed by atoms with van der Waals surface area (Å²) in [6, 6.07) is 22.3. The molecule has 5 aromatic rings. The fourth-order valence-electron chi connectivity index (χ4n) is 4.13. The van der Waals surface area contributed by atoms with Crippen molar-refractivity contribution in [1.29, 1.82) is 5.26 Å². The normalized spacial score (nSPS) is 10.8. The number of hydrogen-bond donors (Lipinski definition) is 0. The topological polar surface area (TPSA) is 94.4 Å². The van der Waals surface area contributed by atoms with E-state index in [1.54, 1.807) is 49.2 Å². The summed E-state index contributed by atoms with van der Waals surface area (Å²) in [6.45, 7) is 4.01. The van der Waals surface area contributed by atoms with Crippen molar-refractivity contribution in [3.05, 3.63) is 106 Å². The molecule has 0 bridgehead atoms. The lowest BCUT2D eigenvalue weighted by atomic mass is 10.1. The number of ether oxygens (including phenoxy) is 2. The van der Waals surface area contributed by atoms with Gasteiger partial charge in [-0.2, -0.15) is 10.4 Å². The molecule has 0 fully saturated rings. The predicted octanol–water partition coefficient (Wildman–Crippen LogP) is 4.62. The van der Waals surface area contributed by atoms with Crippen LogP contribution < -0.4 is 15.0 Å². The molecular formula is C28H23N5O3. The minimum Gasteiger partial charge on any atom is -0.494 e. The molecule has 0 aliphatic carbocycles. The summed E-state index contributed by atoms with van der Waals surface area (Å²) in [6.07, 6.45) is 1.67. The number of nitrogens with zero attached hydrogens (tertiary/aromatic N) is 5. The van der Waals surface area contributed by atoms with E-state index in [-0.39, 0.29) is 12.2 Å². The number of aromatic nitrogens is 4. The highest BCUT2D eigenvalue weighted by Gasteiger charge is 2.19. The van der Waals surface area contributed by atoms with Crippen molar-refractivity contribution >= 4 is 5.65 Å². The Bertz CT molecular complexity index is 1680. The first-order valence-corrected chi connectivity index (χ1v) is 11.3. The summed E-state index contributed by atoms with van der Waals surface area (Å²) in [4.78, 5) is 18.3. The molecule has 178 valence electrons. The largest absolute Gasteiger partial charge is 0.494 e. The molecule has 2 aromatic carbocycles. The van der Waals surface area contributed by atoms with Crippen molar-refractivity contribution < 1.29 is 9.47 Å². The van der Waals surface area contributed by atoms with Crippen molar-refractivity contribution in [3.63, 3.8) is 0 Å². The third-order valence-corrected chi connectivity index (χ3v) is 5.93. The van der Waals surface area contributed by atoms with E-state index >= 15 is 0 Å². The van der Waals surface area contributed by atoms with E-state index in [2.05, 4.69) is 6.07 Å². The number of rotatable bonds is 6. The number of pyridine rings is 1. The lowest BCUT2D eigenvalue weighted by Crippen LogP contribution is -2.19. The van der Waals surface area contributed by atoms with Crippen LogP contribution in [-0.2, 0) is 6.61 Å². The Morgan fingerprint density at radius 1 is 1.00 bits per heavy atom. The predicted molar refractivity (Wildman–Crippen MR) is 136 cm³/mol. The van der Waals surface area contributed by atoms with Crippen LogP contribution in [0.5, 0.6) is 11.5 Å². The van der Waals surface area contributed by atoms with Crippen LogP contribution in [0.25, 0.3) is 22.6 Å². The van der Waals surface area contributed by atoms with E-state index in [1.807, 2.05) is 49.4 Å². The first kappa shape index (κ1) is 22.9. The average molecular weight is 478 g/mol. The molecule has 0 amide bonds. The second kappa shape index (κ2) is 9.39. The summed E-state index contributed by atoms with van der Waals surface area (Å²) >= 11 is 0. The van der Waals surface area contributed by atoms with Crippen molar-refractivity contribution in [1.82, 2.24) is 19.2 Å². The standard InChI is InChI=1S/C28H23N5O3/c1-18-15-22(31-33(18)23-7-4-5-8-24(23)35-3)26-19(2)30-27-25(9-6-14-32(27)28(26)34)36-17-21-12-10-20(16-29)11-13-21/h4-15H,17H2,1-3H3. The number of fused-ring (bicyclic) bond motifs is 1. The van der Waals surface area contributed by atoms with Crippen molar-refractivity contribution in [2.75, 3.05) is 7.11 Å². The maximum Gasteiger partial charge on any atom is 0.267 e. The molecule has 0 atom stereocenters. The minimum absolute atomic E-state index is 0.231. The van der Waals surface area contributed by atoms with Gasteiger partial charge in [-0.15, -0.1) is 0 Å². The van der Waals surface area contributed by atoms with Gasteiger partial charge < -0.3 is 9.47 Å². The van der Waals surface area contributed by atoms with Crippen LogP contribution in [0.4, 0.5) is 0 Å². The molecule has 0 aliphatic rings. The highest BCUT2D eigenvalue weighted by atomic mass is 16.5. The lowest BCUT2D eigenvalue weighted by molar-refractivity contribution is 0.308. The van der Waals surface area contributed by atoms with Gasteiger partial charge in [-0.1, -0.05) is 24.3 Å². The van der Waals surface area contributed by atoms with Gasteiger partial charge in [-0.3, -0.25) is 9.20 Å². The molecule has 0 N–H and O–H groups in total. The van der Waals surface area contributed by atoms with Crippen LogP contribution in [0.1, 0.15) is 22.5 Å². The molecule has 0 unspecified atom stereocenters. The zero-order chi connectivity index (χ0) is 25.2. The smallest absolute Gasteiger partial charge is 0.267 e. The second-order valence-corrected chi connectivity index (χ2v) is 8.30. The van der Waals surface area contributed by atoms with Gasteiger partial charge in [0, 0.05) is 11.9 Å². The van der Waals surface area contributed by atoms with Gasteiger partial charge in [-0.05, 0) is 61.9 Å². The number of nitriles is 1. The van der Waals surface area contributed by atoms with Crippen LogP contribution in [0, 0.1) is 25.2 Å². The molecule has 36 heavy (non-hydrogen) atoms. The zero-order valence-electron chi connectivity index (χ0n) is 20.1. The fourth-order valence-corrected chi connectivity index (χ4v) is 4.13. The number of hydrogen-bond acceptors (Lipinski definition) is 6. The van der Waals surface area contributed by atoms with E-state index in [0.29, 0.717) is 39.7 Å². The van der Waals surface area contributed by atoms with Crippen LogP contribution in [0.3, 0.4) is 0 Å². The van der Waals surface area contributed by atoms with E-state index in [4.69, 9.17) is 24.8 Å². The Labute approximate surface area is 207 Å². The Morgan fingerprint density at radius 3 is 2.50 bits per heavy atom. The quantitative estimate of drug-likeness (QED) is 0.354. The first-order valence-electron chi connectivity index (χ1n) is 11.3. The Kier molecular flexibility index (Phi) is 5.97. The van der Waals surface area contributed by atoms with Gasteiger partial charge in [0.15, 0.2) is 11.4 Å². The van der Waals surface area contributed by atoms with Crippen LogP contribution >= 0.6 is 0 Å². The molecule has 5 rings (SSSR count). The summed E-state index contributed by atoms with van der Waals surface area (Å²) in [5.41, 5.74) is 4.85. The fraction of sp³-hybridized carbons (Fsp3) is 0.143. The third-order valence-electron chi connectivity index (χ3n) is 5.93. The van der Waals surface area contributed by atoms with Gasteiger partial charge in [0.1, 0.15) is 23.7 Å².